The average Bonchev–Trinajstić information content (AvgIpc) is 3.03. The van der Waals surface area contributed by atoms with Crippen LogP contribution in [0.15, 0.2) is 35.3 Å². The molecule has 2 atom stereocenters. The Hall–Kier alpha value is -1.76. The molecule has 2 N–H and O–H groups in total. The van der Waals surface area contributed by atoms with Crippen molar-refractivity contribution in [3.63, 3.8) is 0 Å². The monoisotopic (exact) mass is 370 g/mol. The maximum atomic E-state index is 12.5. The number of aliphatic imine (C=N–C) groups is 1. The van der Waals surface area contributed by atoms with Gasteiger partial charge in [-0.2, -0.15) is 13.2 Å². The van der Waals surface area contributed by atoms with Crippen LogP contribution in [0.5, 0.6) is 0 Å². The van der Waals surface area contributed by atoms with Crippen molar-refractivity contribution in [1.82, 2.24) is 15.5 Å². The topological polar surface area (TPSA) is 39.7 Å². The number of benzene rings is 1. The third-order valence-electron chi connectivity index (χ3n) is 4.57. The maximum Gasteiger partial charge on any atom is 0.401 e. The summed E-state index contributed by atoms with van der Waals surface area (Å²) in [5.41, 5.74) is 1.24. The summed E-state index contributed by atoms with van der Waals surface area (Å²) in [5.74, 6) is 1.25. The van der Waals surface area contributed by atoms with Crippen LogP contribution in [-0.2, 0) is 0 Å². The van der Waals surface area contributed by atoms with E-state index in [-0.39, 0.29) is 5.92 Å². The van der Waals surface area contributed by atoms with Crippen LogP contribution in [0, 0.1) is 5.92 Å². The van der Waals surface area contributed by atoms with Crippen LogP contribution in [0.4, 0.5) is 13.2 Å². The van der Waals surface area contributed by atoms with Crippen LogP contribution in [0.3, 0.4) is 0 Å². The molecular weight excluding hydrogens is 341 g/mol. The lowest BCUT2D eigenvalue weighted by atomic mass is 10.0. The van der Waals surface area contributed by atoms with E-state index in [9.17, 15) is 13.2 Å². The van der Waals surface area contributed by atoms with Gasteiger partial charge in [-0.25, -0.2) is 0 Å². The summed E-state index contributed by atoms with van der Waals surface area (Å²) in [6.07, 6.45) is -3.34. The predicted molar refractivity (Wildman–Crippen MR) is 99.4 cm³/mol. The zero-order chi connectivity index (χ0) is 19.0. The van der Waals surface area contributed by atoms with Gasteiger partial charge in [0.25, 0.3) is 0 Å². The van der Waals surface area contributed by atoms with E-state index in [0.717, 1.165) is 18.9 Å². The Morgan fingerprint density at radius 2 is 2.00 bits per heavy atom. The lowest BCUT2D eigenvalue weighted by Crippen LogP contribution is -2.41. The first-order chi connectivity index (χ1) is 12.4. The Kier molecular flexibility index (Phi) is 7.75. The predicted octanol–water partition coefficient (Wildman–Crippen LogP) is 3.23. The van der Waals surface area contributed by atoms with Crippen molar-refractivity contribution >= 4 is 5.96 Å². The molecule has 7 heteroatoms. The summed E-state index contributed by atoms with van der Waals surface area (Å²) < 4.78 is 37.4. The first kappa shape index (κ1) is 20.6. The Balaban J connectivity index is 1.81. The van der Waals surface area contributed by atoms with E-state index < -0.39 is 12.7 Å². The highest BCUT2D eigenvalue weighted by Crippen LogP contribution is 2.22. The van der Waals surface area contributed by atoms with Gasteiger partial charge in [-0.05, 0) is 31.4 Å². The van der Waals surface area contributed by atoms with Crippen molar-refractivity contribution in [3.8, 4) is 0 Å². The standard InChI is InChI=1S/C19H29F3N4/c1-3-23-18(24-11-15(2)17-7-5-4-6-8-17)25-12-16-9-10-26(13-16)14-19(20,21)22/h4-8,15-16H,3,9-14H2,1-2H3,(H2,23,24,25). The number of rotatable bonds is 7. The van der Waals surface area contributed by atoms with Crippen LogP contribution >= 0.6 is 0 Å². The Morgan fingerprint density at radius 3 is 2.65 bits per heavy atom. The van der Waals surface area contributed by atoms with Gasteiger partial charge >= 0.3 is 6.18 Å². The van der Waals surface area contributed by atoms with Gasteiger partial charge in [0, 0.05) is 32.1 Å². The number of nitrogens with zero attached hydrogens (tertiary/aromatic N) is 2. The fourth-order valence-electron chi connectivity index (χ4n) is 3.17. The maximum absolute atomic E-state index is 12.5. The molecule has 0 radical (unpaired) electrons. The van der Waals surface area contributed by atoms with Gasteiger partial charge in [-0.15, -0.1) is 0 Å². The van der Waals surface area contributed by atoms with Crippen molar-refractivity contribution in [2.24, 2.45) is 10.9 Å². The number of halogens is 3. The molecule has 1 aliphatic heterocycles. The molecule has 146 valence electrons. The van der Waals surface area contributed by atoms with Gasteiger partial charge in [0.1, 0.15) is 0 Å². The molecule has 1 heterocycles. The van der Waals surface area contributed by atoms with E-state index in [1.807, 2.05) is 25.1 Å². The van der Waals surface area contributed by atoms with Crippen LogP contribution in [0.1, 0.15) is 31.7 Å². The highest BCUT2D eigenvalue weighted by atomic mass is 19.4. The van der Waals surface area contributed by atoms with Gasteiger partial charge in [0.05, 0.1) is 6.54 Å². The molecule has 0 amide bonds. The molecule has 0 bridgehead atoms. The minimum atomic E-state index is -4.12. The number of likely N-dealkylation sites (tertiary alicyclic amines) is 1. The zero-order valence-corrected chi connectivity index (χ0v) is 15.5. The number of hydrogen-bond acceptors (Lipinski definition) is 2. The molecule has 4 nitrogen and oxygen atoms in total. The fraction of sp³-hybridized carbons (Fsp3) is 0.632. The summed E-state index contributed by atoms with van der Waals surface area (Å²) in [5, 5.41) is 6.49. The summed E-state index contributed by atoms with van der Waals surface area (Å²) in [4.78, 5) is 6.11. The highest BCUT2D eigenvalue weighted by Gasteiger charge is 2.34. The van der Waals surface area contributed by atoms with E-state index in [0.29, 0.717) is 32.1 Å². The van der Waals surface area contributed by atoms with E-state index >= 15 is 0 Å². The molecule has 2 rings (SSSR count). The number of alkyl halides is 3. The molecule has 2 unspecified atom stereocenters. The first-order valence-electron chi connectivity index (χ1n) is 9.23. The van der Waals surface area contributed by atoms with Crippen LogP contribution in [0.25, 0.3) is 0 Å². The molecule has 1 aromatic carbocycles. The normalized spacial score (nSPS) is 20.2. The smallest absolute Gasteiger partial charge is 0.357 e. The molecule has 26 heavy (non-hydrogen) atoms. The molecule has 1 fully saturated rings. The Labute approximate surface area is 153 Å². The Morgan fingerprint density at radius 1 is 1.27 bits per heavy atom. The second kappa shape index (κ2) is 9.80. The molecule has 1 aliphatic rings. The summed E-state index contributed by atoms with van der Waals surface area (Å²) in [6.45, 7) is 6.34. The minimum Gasteiger partial charge on any atom is -0.357 e. The van der Waals surface area contributed by atoms with Gasteiger partial charge in [-0.1, -0.05) is 37.3 Å². The number of nitrogens with one attached hydrogen (secondary N) is 2. The second-order valence-electron chi connectivity index (χ2n) is 6.92. The third-order valence-corrected chi connectivity index (χ3v) is 4.57. The van der Waals surface area contributed by atoms with E-state index in [4.69, 9.17) is 0 Å². The molecule has 0 spiro atoms. The zero-order valence-electron chi connectivity index (χ0n) is 15.5. The Bertz CT molecular complexity index is 560. The van der Waals surface area contributed by atoms with Crippen molar-refractivity contribution in [3.05, 3.63) is 35.9 Å². The van der Waals surface area contributed by atoms with Gasteiger partial charge in [0.15, 0.2) is 5.96 Å². The molecule has 0 aromatic heterocycles. The first-order valence-corrected chi connectivity index (χ1v) is 9.23. The average molecular weight is 370 g/mol. The summed E-state index contributed by atoms with van der Waals surface area (Å²) in [6, 6.07) is 10.2. The fourth-order valence-corrected chi connectivity index (χ4v) is 3.17. The SMILES string of the molecule is CCNC(=NCC(C)c1ccccc1)NCC1CCN(CC(F)(F)F)C1. The molecule has 1 aromatic rings. The van der Waals surface area contributed by atoms with Gasteiger partial charge in [0.2, 0.25) is 0 Å². The van der Waals surface area contributed by atoms with E-state index in [1.165, 1.54) is 10.5 Å². The number of guanidine groups is 1. The third kappa shape index (κ3) is 7.23. The largest absolute Gasteiger partial charge is 0.401 e. The summed E-state index contributed by atoms with van der Waals surface area (Å²) in [7, 11) is 0. The van der Waals surface area contributed by atoms with Crippen LogP contribution in [0.2, 0.25) is 0 Å². The quantitative estimate of drug-likeness (QED) is 0.572. The molecule has 0 aliphatic carbocycles. The molecular formula is C19H29F3N4. The van der Waals surface area contributed by atoms with E-state index in [2.05, 4.69) is 34.7 Å². The van der Waals surface area contributed by atoms with Crippen LogP contribution < -0.4 is 10.6 Å². The minimum absolute atomic E-state index is 0.216. The lowest BCUT2D eigenvalue weighted by molar-refractivity contribution is -0.143. The van der Waals surface area contributed by atoms with Crippen LogP contribution in [-0.4, -0.2) is 56.3 Å². The highest BCUT2D eigenvalue weighted by molar-refractivity contribution is 5.79. The number of hydrogen-bond donors (Lipinski definition) is 2. The van der Waals surface area contributed by atoms with Crippen molar-refractivity contribution < 1.29 is 13.2 Å². The van der Waals surface area contributed by atoms with Gasteiger partial charge in [-0.3, -0.25) is 9.89 Å². The van der Waals surface area contributed by atoms with Crippen molar-refractivity contribution in [2.45, 2.75) is 32.4 Å². The second-order valence-corrected chi connectivity index (χ2v) is 6.92. The van der Waals surface area contributed by atoms with E-state index in [1.54, 1.807) is 0 Å². The van der Waals surface area contributed by atoms with Gasteiger partial charge < -0.3 is 10.6 Å². The molecule has 0 saturated carbocycles. The molecule has 1 saturated heterocycles. The van der Waals surface area contributed by atoms with Crippen molar-refractivity contribution in [2.75, 3.05) is 39.3 Å². The summed E-state index contributed by atoms with van der Waals surface area (Å²) >= 11 is 0. The van der Waals surface area contributed by atoms with Crippen molar-refractivity contribution in [1.29, 1.82) is 0 Å². The lowest BCUT2D eigenvalue weighted by Gasteiger charge is -2.19.